The number of rotatable bonds is 2. The van der Waals surface area contributed by atoms with Gasteiger partial charge in [0.15, 0.2) is 5.75 Å². The molecule has 0 saturated heterocycles. The average Bonchev–Trinajstić information content (AvgIpc) is 1.97. The number of aromatic hydroxyl groups is 1. The van der Waals surface area contributed by atoms with E-state index >= 15 is 0 Å². The summed E-state index contributed by atoms with van der Waals surface area (Å²) in [7, 11) is 0. The zero-order valence-electron chi connectivity index (χ0n) is 5.86. The zero-order valence-corrected chi connectivity index (χ0v) is 7.45. The van der Waals surface area contributed by atoms with E-state index in [4.69, 9.17) is 10.8 Å². The van der Waals surface area contributed by atoms with E-state index in [0.29, 0.717) is 0 Å². The molecule has 0 spiro atoms. The van der Waals surface area contributed by atoms with Gasteiger partial charge in [-0.05, 0) is 12.1 Å². The van der Waals surface area contributed by atoms with Gasteiger partial charge in [0.05, 0.1) is 5.69 Å². The molecular formula is C6H6BrNO4. The summed E-state index contributed by atoms with van der Waals surface area (Å²) in [5.74, 6) is -0.498. The molecule has 0 amide bonds. The van der Waals surface area contributed by atoms with Gasteiger partial charge in [-0.25, -0.2) is 0 Å². The predicted molar refractivity (Wildman–Crippen MR) is 33.1 cm³/mol. The van der Waals surface area contributed by atoms with Crippen LogP contribution in [0.3, 0.4) is 0 Å². The first kappa shape index (κ1) is 9.11. The van der Waals surface area contributed by atoms with E-state index in [1.165, 1.54) is 18.2 Å². The second-order valence-electron chi connectivity index (χ2n) is 1.96. The van der Waals surface area contributed by atoms with E-state index < -0.39 is 14.8 Å². The Bertz CT molecular complexity index is 258. The molecule has 1 aromatic carbocycles. The quantitative estimate of drug-likeness (QED) is 0.604. The minimum absolute atomic E-state index is 0.0878. The summed E-state index contributed by atoms with van der Waals surface area (Å²) in [6, 6.07) is 4.21. The van der Waals surface area contributed by atoms with Crippen LogP contribution in [-0.2, 0) is 0 Å². The van der Waals surface area contributed by atoms with Crippen molar-refractivity contribution in [3.63, 3.8) is 0 Å². The van der Waals surface area contributed by atoms with Gasteiger partial charge in [-0.2, -0.15) is 0 Å². The van der Waals surface area contributed by atoms with Crippen LogP contribution < -0.4 is 18.0 Å². The molecule has 3 N–H and O–H groups in total. The van der Waals surface area contributed by atoms with E-state index in [9.17, 15) is 8.40 Å². The molecular weight excluding hydrogens is 230 g/mol. The van der Waals surface area contributed by atoms with Crippen molar-refractivity contribution in [2.45, 2.75) is 0 Å². The Kier molecular flexibility index (Phi) is 2.74. The first-order chi connectivity index (χ1) is 5.61. The largest absolute Gasteiger partial charge is 0.504 e. The van der Waals surface area contributed by atoms with Crippen molar-refractivity contribution in [3.05, 3.63) is 18.2 Å². The molecule has 0 radical (unpaired) electrons. The van der Waals surface area contributed by atoms with Crippen LogP contribution in [0.4, 0.5) is 5.69 Å². The normalized spacial score (nSPS) is 10.2. The Balaban J connectivity index is 2.96. The maximum atomic E-state index is 10.2. The second-order valence-corrected chi connectivity index (χ2v) is 3.08. The third kappa shape index (κ3) is 2.00. The smallest absolute Gasteiger partial charge is 0.501 e. The highest BCUT2D eigenvalue weighted by molar-refractivity contribution is 5.59. The first-order valence-electron chi connectivity index (χ1n) is 2.92. The SMILES string of the molecule is Nc1cccc(O)c1O[Br+2]([O-])[O-]. The van der Waals surface area contributed by atoms with Crippen LogP contribution in [0.25, 0.3) is 0 Å². The summed E-state index contributed by atoms with van der Waals surface area (Å²) in [5, 5.41) is 9.07. The highest BCUT2D eigenvalue weighted by Gasteiger charge is 2.19. The van der Waals surface area contributed by atoms with Gasteiger partial charge in [-0.3, -0.25) is 0 Å². The number of para-hydroxylation sites is 1. The van der Waals surface area contributed by atoms with E-state index in [1.54, 1.807) is 0 Å². The fourth-order valence-electron chi connectivity index (χ4n) is 0.689. The van der Waals surface area contributed by atoms with Crippen LogP contribution >= 0.6 is 0 Å². The van der Waals surface area contributed by atoms with Gasteiger partial charge in [0.25, 0.3) is 5.75 Å². The lowest BCUT2D eigenvalue weighted by molar-refractivity contribution is -1.62. The number of phenols is 1. The fourth-order valence-corrected chi connectivity index (χ4v) is 1.31. The molecule has 0 aromatic heterocycles. The van der Waals surface area contributed by atoms with Crippen LogP contribution in [0.15, 0.2) is 18.2 Å². The van der Waals surface area contributed by atoms with Crippen molar-refractivity contribution >= 4 is 5.69 Å². The van der Waals surface area contributed by atoms with Crippen molar-refractivity contribution in [1.29, 1.82) is 0 Å². The molecule has 0 atom stereocenters. The summed E-state index contributed by atoms with van der Waals surface area (Å²) < 4.78 is 24.6. The number of hydrogen-bond acceptors (Lipinski definition) is 5. The molecule has 5 nitrogen and oxygen atoms in total. The lowest BCUT2D eigenvalue weighted by Gasteiger charge is -2.00. The lowest BCUT2D eigenvalue weighted by Crippen LogP contribution is -2.37. The Morgan fingerprint density at radius 2 is 2.08 bits per heavy atom. The van der Waals surface area contributed by atoms with Gasteiger partial charge in [0.1, 0.15) is 0 Å². The van der Waals surface area contributed by atoms with Crippen LogP contribution in [0.5, 0.6) is 11.5 Å². The van der Waals surface area contributed by atoms with Crippen molar-refractivity contribution < 1.29 is 32.1 Å². The number of nitrogen functional groups attached to an aromatic ring is 1. The van der Waals surface area contributed by atoms with Crippen molar-refractivity contribution in [1.82, 2.24) is 0 Å². The Morgan fingerprint density at radius 3 is 2.58 bits per heavy atom. The summed E-state index contributed by atoms with van der Waals surface area (Å²) >= 11 is -3.39. The van der Waals surface area contributed by atoms with E-state index in [1.807, 2.05) is 0 Å². The van der Waals surface area contributed by atoms with Crippen LogP contribution in [-0.4, -0.2) is 5.11 Å². The molecule has 66 valence electrons. The minimum Gasteiger partial charge on any atom is -0.504 e. The van der Waals surface area contributed by atoms with E-state index in [0.717, 1.165) is 0 Å². The molecule has 0 aliphatic carbocycles. The summed E-state index contributed by atoms with van der Waals surface area (Å²) in [5.41, 5.74) is 5.41. The lowest BCUT2D eigenvalue weighted by atomic mass is 10.3. The number of hydrogen-bond donors (Lipinski definition) is 2. The third-order valence-electron chi connectivity index (χ3n) is 1.16. The topological polar surface area (TPSA) is 102 Å². The Labute approximate surface area is 73.8 Å². The Morgan fingerprint density at radius 1 is 1.42 bits per heavy atom. The molecule has 0 unspecified atom stereocenters. The number of anilines is 1. The standard InChI is InChI=1S/C6H6BrNO4/c8-4-2-1-3-5(9)6(4)12-7(10)11/h1-3,9H,8H2. The molecule has 0 aliphatic rings. The molecule has 12 heavy (non-hydrogen) atoms. The second kappa shape index (κ2) is 3.61. The fraction of sp³-hybridized carbons (Fsp3) is 0. The molecule has 1 aromatic rings. The highest BCUT2D eigenvalue weighted by atomic mass is 80.0. The van der Waals surface area contributed by atoms with Crippen LogP contribution in [0.1, 0.15) is 0 Å². The zero-order chi connectivity index (χ0) is 9.14. The molecule has 0 fully saturated rings. The van der Waals surface area contributed by atoms with Gasteiger partial charge in [0.2, 0.25) is 0 Å². The van der Waals surface area contributed by atoms with Crippen molar-refractivity contribution in [3.8, 4) is 11.5 Å². The van der Waals surface area contributed by atoms with E-state index in [2.05, 4.69) is 3.83 Å². The third-order valence-corrected chi connectivity index (χ3v) is 1.75. The number of benzene rings is 1. The predicted octanol–water partition coefficient (Wildman–Crippen LogP) is -1.56. The van der Waals surface area contributed by atoms with Crippen molar-refractivity contribution in [2.75, 3.05) is 5.73 Å². The molecule has 1 rings (SSSR count). The number of halogens is 1. The summed E-state index contributed by atoms with van der Waals surface area (Å²) in [6.07, 6.45) is 0. The van der Waals surface area contributed by atoms with Crippen LogP contribution in [0.2, 0.25) is 0 Å². The van der Waals surface area contributed by atoms with Crippen LogP contribution in [0, 0.1) is 14.8 Å². The van der Waals surface area contributed by atoms with E-state index in [-0.39, 0.29) is 17.2 Å². The van der Waals surface area contributed by atoms with Gasteiger partial charge < -0.3 is 19.2 Å². The summed E-state index contributed by atoms with van der Waals surface area (Å²) in [6.45, 7) is 0. The monoisotopic (exact) mass is 235 g/mol. The highest BCUT2D eigenvalue weighted by Crippen LogP contribution is 2.32. The average molecular weight is 236 g/mol. The first-order valence-corrected chi connectivity index (χ1v) is 4.87. The summed E-state index contributed by atoms with van der Waals surface area (Å²) in [4.78, 5) is 0. The molecule has 0 aliphatic heterocycles. The molecule has 0 saturated carbocycles. The maximum absolute atomic E-state index is 10.2. The molecule has 0 heterocycles. The Hall–Kier alpha value is -0.980. The molecule has 0 bridgehead atoms. The van der Waals surface area contributed by atoms with Crippen molar-refractivity contribution in [2.24, 2.45) is 0 Å². The molecule has 6 heteroatoms. The number of nitrogens with two attached hydrogens (primary N) is 1. The van der Waals surface area contributed by atoms with Gasteiger partial charge in [-0.15, -0.1) is 3.83 Å². The van der Waals surface area contributed by atoms with Gasteiger partial charge >= 0.3 is 14.8 Å². The van der Waals surface area contributed by atoms with Gasteiger partial charge in [-0.1, -0.05) is 6.07 Å². The minimum atomic E-state index is -3.39. The maximum Gasteiger partial charge on any atom is 0.501 e. The number of phenolic OH excluding ortho intramolecular Hbond substituents is 1. The van der Waals surface area contributed by atoms with Gasteiger partial charge in [0, 0.05) is 0 Å².